The van der Waals surface area contributed by atoms with Gasteiger partial charge in [0.15, 0.2) is 0 Å². The van der Waals surface area contributed by atoms with Crippen LogP contribution in [0.1, 0.15) is 5.56 Å². The number of aromatic nitrogens is 4. The number of halogens is 3. The molecular weight excluding hydrogens is 389 g/mol. The van der Waals surface area contributed by atoms with Gasteiger partial charge in [-0.25, -0.2) is 4.79 Å². The Hall–Kier alpha value is -3.63. The number of para-hydroxylation sites is 1. The fourth-order valence-corrected chi connectivity index (χ4v) is 2.84. The lowest BCUT2D eigenvalue weighted by Crippen LogP contribution is -2.31. The molecule has 1 saturated heterocycles. The van der Waals surface area contributed by atoms with Crippen LogP contribution in [0.3, 0.4) is 0 Å². The molecule has 0 aliphatic carbocycles. The summed E-state index contributed by atoms with van der Waals surface area (Å²) in [6, 6.07) is 11.6. The largest absolute Gasteiger partial charge is 0.447 e. The molecule has 2 N–H and O–H groups in total. The summed E-state index contributed by atoms with van der Waals surface area (Å²) in [5.74, 6) is 0.338. The number of ether oxygens (including phenoxy) is 1. The number of rotatable bonds is 5. The highest BCUT2D eigenvalue weighted by molar-refractivity contribution is 5.77. The molecule has 0 unspecified atom stereocenters. The van der Waals surface area contributed by atoms with E-state index in [0.717, 1.165) is 12.1 Å². The molecule has 4 rings (SSSR count). The van der Waals surface area contributed by atoms with Gasteiger partial charge >= 0.3 is 12.3 Å². The number of nitrogens with zero attached hydrogens (tertiary/aromatic N) is 4. The predicted molar refractivity (Wildman–Crippen MR) is 96.3 cm³/mol. The number of carbonyl (C=O) groups excluding carboxylic acids is 1. The first-order valence-electron chi connectivity index (χ1n) is 8.63. The van der Waals surface area contributed by atoms with Crippen LogP contribution in [-0.2, 0) is 17.5 Å². The topological polar surface area (TPSA) is 94.0 Å². The summed E-state index contributed by atoms with van der Waals surface area (Å²) in [4.78, 5) is 12.4. The number of alkyl halides is 3. The number of alkyl carbamates (subject to hydrolysis) is 1. The van der Waals surface area contributed by atoms with Crippen molar-refractivity contribution in [2.75, 3.05) is 11.9 Å². The van der Waals surface area contributed by atoms with Crippen molar-refractivity contribution in [3.8, 4) is 11.4 Å². The number of hydrogen-bond acceptors (Lipinski definition) is 6. The first kappa shape index (κ1) is 18.7. The first-order valence-corrected chi connectivity index (χ1v) is 8.63. The summed E-state index contributed by atoms with van der Waals surface area (Å²) in [6.07, 6.45) is -4.87. The second-order valence-electron chi connectivity index (χ2n) is 6.35. The van der Waals surface area contributed by atoms with Crippen molar-refractivity contribution in [2.24, 2.45) is 0 Å². The fraction of sp³-hybridized carbons (Fsp3) is 0.222. The molecule has 1 fully saturated rings. The molecule has 1 aromatic heterocycles. The van der Waals surface area contributed by atoms with Gasteiger partial charge in [0.1, 0.15) is 6.61 Å². The fourth-order valence-electron chi connectivity index (χ4n) is 2.84. The van der Waals surface area contributed by atoms with Gasteiger partial charge in [-0.1, -0.05) is 12.1 Å². The van der Waals surface area contributed by atoms with Crippen LogP contribution in [0, 0.1) is 0 Å². The Morgan fingerprint density at radius 1 is 1.17 bits per heavy atom. The zero-order valence-corrected chi connectivity index (χ0v) is 14.8. The second-order valence-corrected chi connectivity index (χ2v) is 6.35. The Morgan fingerprint density at radius 3 is 2.62 bits per heavy atom. The average Bonchev–Trinajstić information content (AvgIpc) is 3.31. The summed E-state index contributed by atoms with van der Waals surface area (Å²) in [5, 5.41) is 18.0. The van der Waals surface area contributed by atoms with Crippen molar-refractivity contribution in [2.45, 2.75) is 18.8 Å². The summed E-state index contributed by atoms with van der Waals surface area (Å²) in [7, 11) is 0. The molecule has 1 amide bonds. The van der Waals surface area contributed by atoms with Gasteiger partial charge in [0.25, 0.3) is 0 Å². The van der Waals surface area contributed by atoms with Gasteiger partial charge < -0.3 is 15.4 Å². The molecule has 2 aromatic carbocycles. The van der Waals surface area contributed by atoms with E-state index >= 15 is 0 Å². The molecule has 1 aliphatic rings. The van der Waals surface area contributed by atoms with Crippen LogP contribution in [0.25, 0.3) is 11.4 Å². The maximum Gasteiger partial charge on any atom is 0.416 e. The highest BCUT2D eigenvalue weighted by Crippen LogP contribution is 2.32. The van der Waals surface area contributed by atoms with E-state index in [9.17, 15) is 18.0 Å². The Kier molecular flexibility index (Phi) is 4.79. The number of hydrogen-bond donors (Lipinski definition) is 2. The van der Waals surface area contributed by atoms with Gasteiger partial charge in [-0.15, -0.1) is 10.2 Å². The van der Waals surface area contributed by atoms with E-state index in [0.29, 0.717) is 29.3 Å². The second kappa shape index (κ2) is 7.41. The predicted octanol–water partition coefficient (Wildman–Crippen LogP) is 3.21. The lowest BCUT2D eigenvalue weighted by atomic mass is 10.1. The third kappa shape index (κ3) is 4.28. The number of cyclic esters (lactones) is 1. The number of anilines is 2. The minimum atomic E-state index is -4.39. The SMILES string of the molecule is O=C1N[C@H](Cn2nnc(-c3ccccc3Nc3ccc(C(F)(F)F)cc3)n2)CO1. The van der Waals surface area contributed by atoms with Crippen LogP contribution in [0.2, 0.25) is 0 Å². The lowest BCUT2D eigenvalue weighted by molar-refractivity contribution is -0.137. The number of carbonyl (C=O) groups is 1. The zero-order chi connectivity index (χ0) is 20.4. The van der Waals surface area contributed by atoms with E-state index in [-0.39, 0.29) is 12.6 Å². The number of tetrazole rings is 1. The maximum atomic E-state index is 12.7. The van der Waals surface area contributed by atoms with Crippen LogP contribution in [0.5, 0.6) is 0 Å². The molecule has 1 atom stereocenters. The Balaban J connectivity index is 1.52. The van der Waals surface area contributed by atoms with Crippen LogP contribution in [0.15, 0.2) is 48.5 Å². The normalized spacial score (nSPS) is 16.4. The van der Waals surface area contributed by atoms with Crippen LogP contribution < -0.4 is 10.6 Å². The Labute approximate surface area is 162 Å². The van der Waals surface area contributed by atoms with E-state index in [1.54, 1.807) is 24.3 Å². The highest BCUT2D eigenvalue weighted by Gasteiger charge is 2.30. The van der Waals surface area contributed by atoms with Crippen molar-refractivity contribution in [1.29, 1.82) is 0 Å². The van der Waals surface area contributed by atoms with Crippen LogP contribution in [0.4, 0.5) is 29.3 Å². The number of nitrogens with one attached hydrogen (secondary N) is 2. The molecule has 150 valence electrons. The van der Waals surface area contributed by atoms with E-state index in [1.165, 1.54) is 16.9 Å². The van der Waals surface area contributed by atoms with E-state index in [4.69, 9.17) is 4.74 Å². The summed E-state index contributed by atoms with van der Waals surface area (Å²) in [6.45, 7) is 0.523. The van der Waals surface area contributed by atoms with Gasteiger partial charge in [0.2, 0.25) is 5.82 Å². The Morgan fingerprint density at radius 2 is 1.93 bits per heavy atom. The molecule has 0 bridgehead atoms. The molecule has 2 heterocycles. The number of amides is 1. The molecule has 3 aromatic rings. The van der Waals surface area contributed by atoms with Gasteiger partial charge in [-0.3, -0.25) is 0 Å². The van der Waals surface area contributed by atoms with Crippen molar-refractivity contribution in [1.82, 2.24) is 25.5 Å². The molecule has 1 aliphatic heterocycles. The molecule has 0 spiro atoms. The first-order chi connectivity index (χ1) is 13.9. The van der Waals surface area contributed by atoms with Gasteiger partial charge in [0, 0.05) is 16.9 Å². The zero-order valence-electron chi connectivity index (χ0n) is 14.8. The highest BCUT2D eigenvalue weighted by atomic mass is 19.4. The summed E-state index contributed by atoms with van der Waals surface area (Å²) < 4.78 is 43.0. The minimum Gasteiger partial charge on any atom is -0.447 e. The van der Waals surface area contributed by atoms with Crippen molar-refractivity contribution < 1.29 is 22.7 Å². The van der Waals surface area contributed by atoms with E-state index in [2.05, 4.69) is 26.0 Å². The molecular formula is C18H15F3N6O2. The molecule has 0 radical (unpaired) electrons. The van der Waals surface area contributed by atoms with Gasteiger partial charge in [-0.2, -0.15) is 18.0 Å². The van der Waals surface area contributed by atoms with Crippen LogP contribution in [-0.4, -0.2) is 38.9 Å². The van der Waals surface area contributed by atoms with Crippen molar-refractivity contribution in [3.05, 3.63) is 54.1 Å². The minimum absolute atomic E-state index is 0.224. The molecule has 29 heavy (non-hydrogen) atoms. The lowest BCUT2D eigenvalue weighted by Gasteiger charge is -2.11. The molecule has 11 heteroatoms. The van der Waals surface area contributed by atoms with Crippen molar-refractivity contribution in [3.63, 3.8) is 0 Å². The standard InChI is InChI=1S/C18H15F3N6O2/c19-18(20,21)11-5-7-12(8-6-11)22-15-4-2-1-3-14(15)16-24-26-27(25-16)9-13-10-29-17(28)23-13/h1-8,13,22H,9-10H2,(H,23,28)/t13-/m1/s1. The van der Waals surface area contributed by atoms with E-state index < -0.39 is 17.8 Å². The maximum absolute atomic E-state index is 12.7. The third-order valence-electron chi connectivity index (χ3n) is 4.23. The van der Waals surface area contributed by atoms with Gasteiger partial charge in [-0.05, 0) is 41.6 Å². The molecule has 8 nitrogen and oxygen atoms in total. The third-order valence-corrected chi connectivity index (χ3v) is 4.23. The Bertz CT molecular complexity index is 1020. The van der Waals surface area contributed by atoms with E-state index in [1.807, 2.05) is 0 Å². The smallest absolute Gasteiger partial charge is 0.416 e. The summed E-state index contributed by atoms with van der Waals surface area (Å²) >= 11 is 0. The monoisotopic (exact) mass is 404 g/mol. The summed E-state index contributed by atoms with van der Waals surface area (Å²) in [5.41, 5.74) is 1.02. The van der Waals surface area contributed by atoms with Crippen LogP contribution >= 0.6 is 0 Å². The average molecular weight is 404 g/mol. The quantitative estimate of drug-likeness (QED) is 0.678. The van der Waals surface area contributed by atoms with Crippen molar-refractivity contribution >= 4 is 17.5 Å². The molecule has 0 saturated carbocycles. The van der Waals surface area contributed by atoms with Gasteiger partial charge in [0.05, 0.1) is 18.2 Å². The number of benzene rings is 2.